The summed E-state index contributed by atoms with van der Waals surface area (Å²) in [6.45, 7) is 9.65. The van der Waals surface area contributed by atoms with Crippen molar-refractivity contribution in [3.63, 3.8) is 0 Å². The van der Waals surface area contributed by atoms with Crippen LogP contribution in [-0.2, 0) is 9.59 Å². The second-order valence-corrected chi connectivity index (χ2v) is 9.57. The molecule has 154 valence electrons. The Morgan fingerprint density at radius 1 is 1.14 bits per heavy atom. The molecule has 0 aliphatic carbocycles. The van der Waals surface area contributed by atoms with E-state index in [-0.39, 0.29) is 17.7 Å². The van der Waals surface area contributed by atoms with Crippen molar-refractivity contribution in [1.29, 1.82) is 0 Å². The van der Waals surface area contributed by atoms with Crippen molar-refractivity contribution in [3.8, 4) is 5.75 Å². The van der Waals surface area contributed by atoms with E-state index in [0.717, 1.165) is 4.47 Å². The van der Waals surface area contributed by atoms with Crippen molar-refractivity contribution in [2.24, 2.45) is 5.92 Å². The highest BCUT2D eigenvalue weighted by Gasteiger charge is 2.43. The number of halogens is 1. The van der Waals surface area contributed by atoms with Gasteiger partial charge in [0.2, 0.25) is 5.91 Å². The molecule has 2 aromatic rings. The van der Waals surface area contributed by atoms with Gasteiger partial charge in [-0.25, -0.2) is 0 Å². The van der Waals surface area contributed by atoms with Gasteiger partial charge in [0, 0.05) is 21.3 Å². The number of carbonyl (C=O) groups is 2. The van der Waals surface area contributed by atoms with E-state index < -0.39 is 17.7 Å². The Hall–Kier alpha value is -2.34. The van der Waals surface area contributed by atoms with Crippen LogP contribution in [0.5, 0.6) is 5.75 Å². The van der Waals surface area contributed by atoms with E-state index in [4.69, 9.17) is 4.74 Å². The molecule has 1 heterocycles. The quantitative estimate of drug-likeness (QED) is 0.714. The molecule has 1 N–H and O–H groups in total. The molecular formula is C23H27BrN2O3. The third kappa shape index (κ3) is 4.64. The van der Waals surface area contributed by atoms with E-state index in [0.29, 0.717) is 17.0 Å². The van der Waals surface area contributed by atoms with Crippen molar-refractivity contribution in [3.05, 3.63) is 58.6 Å². The van der Waals surface area contributed by atoms with Crippen LogP contribution in [0, 0.1) is 5.92 Å². The predicted octanol–water partition coefficient (Wildman–Crippen LogP) is 4.86. The van der Waals surface area contributed by atoms with E-state index in [1.165, 1.54) is 0 Å². The summed E-state index contributed by atoms with van der Waals surface area (Å²) >= 11 is 3.50. The van der Waals surface area contributed by atoms with Gasteiger partial charge in [0.15, 0.2) is 6.10 Å². The van der Waals surface area contributed by atoms with Crippen LogP contribution in [0.1, 0.15) is 46.2 Å². The largest absolute Gasteiger partial charge is 0.480 e. The maximum absolute atomic E-state index is 13.6. The Kier molecular flexibility index (Phi) is 6.03. The standard InChI is InChI=1S/C23H27BrN2O3/c1-14(2)20-22(28)26(16-9-7-6-8-10-16)19(21(27)25-23(3,4)5)17-13-15(24)11-12-18(17)29-20/h6-14,19-20H,1-5H3,(H,25,27). The minimum absolute atomic E-state index is 0.0605. The molecule has 2 atom stereocenters. The Balaban J connectivity index is 2.24. The molecule has 1 aliphatic heterocycles. The van der Waals surface area contributed by atoms with Gasteiger partial charge in [0.25, 0.3) is 5.91 Å². The summed E-state index contributed by atoms with van der Waals surface area (Å²) in [5.74, 6) is 0.0111. The Labute approximate surface area is 180 Å². The fourth-order valence-corrected chi connectivity index (χ4v) is 3.79. The molecule has 0 saturated heterocycles. The Bertz CT molecular complexity index is 906. The normalized spacial score (nSPS) is 19.4. The molecule has 1 aliphatic rings. The van der Waals surface area contributed by atoms with Gasteiger partial charge >= 0.3 is 0 Å². The first-order valence-electron chi connectivity index (χ1n) is 9.75. The average molecular weight is 459 g/mol. The van der Waals surface area contributed by atoms with E-state index in [9.17, 15) is 9.59 Å². The molecule has 0 aromatic heterocycles. The zero-order valence-electron chi connectivity index (χ0n) is 17.4. The number of benzene rings is 2. The van der Waals surface area contributed by atoms with Gasteiger partial charge in [-0.15, -0.1) is 0 Å². The number of hydrogen-bond donors (Lipinski definition) is 1. The number of nitrogens with one attached hydrogen (secondary N) is 1. The summed E-state index contributed by atoms with van der Waals surface area (Å²) in [4.78, 5) is 28.7. The molecule has 0 fully saturated rings. The first-order chi connectivity index (χ1) is 13.6. The first-order valence-corrected chi connectivity index (χ1v) is 10.5. The summed E-state index contributed by atoms with van der Waals surface area (Å²) in [7, 11) is 0. The highest BCUT2D eigenvalue weighted by Crippen LogP contribution is 2.40. The second kappa shape index (κ2) is 8.19. The SMILES string of the molecule is CC(C)C1Oc2ccc(Br)cc2C(C(=O)NC(C)(C)C)N(c2ccccc2)C1=O. The van der Waals surface area contributed by atoms with Crippen molar-refractivity contribution < 1.29 is 14.3 Å². The van der Waals surface area contributed by atoms with E-state index in [2.05, 4.69) is 21.2 Å². The number of para-hydroxylation sites is 1. The maximum atomic E-state index is 13.6. The lowest BCUT2D eigenvalue weighted by Crippen LogP contribution is -2.51. The van der Waals surface area contributed by atoms with Crippen LogP contribution >= 0.6 is 15.9 Å². The Morgan fingerprint density at radius 2 is 1.79 bits per heavy atom. The number of nitrogens with zero attached hydrogens (tertiary/aromatic N) is 1. The summed E-state index contributed by atoms with van der Waals surface area (Å²) in [5, 5.41) is 3.04. The fraction of sp³-hybridized carbons (Fsp3) is 0.391. The number of amides is 2. The molecule has 0 spiro atoms. The number of hydrogen-bond acceptors (Lipinski definition) is 3. The molecule has 0 saturated carbocycles. The molecule has 2 unspecified atom stereocenters. The summed E-state index contributed by atoms with van der Waals surface area (Å²) < 4.78 is 6.97. The highest BCUT2D eigenvalue weighted by atomic mass is 79.9. The maximum Gasteiger partial charge on any atom is 0.269 e. The average Bonchev–Trinajstić information content (AvgIpc) is 2.75. The van der Waals surface area contributed by atoms with E-state index in [1.54, 1.807) is 4.90 Å². The van der Waals surface area contributed by atoms with Gasteiger partial charge in [-0.05, 0) is 57.0 Å². The first kappa shape index (κ1) is 21.4. The van der Waals surface area contributed by atoms with Gasteiger partial charge < -0.3 is 10.1 Å². The summed E-state index contributed by atoms with van der Waals surface area (Å²) in [5.41, 5.74) is 0.870. The number of ether oxygens (including phenoxy) is 1. The zero-order valence-corrected chi connectivity index (χ0v) is 19.0. The minimum atomic E-state index is -0.847. The molecule has 0 bridgehead atoms. The van der Waals surface area contributed by atoms with Crippen molar-refractivity contribution in [2.45, 2.75) is 52.3 Å². The van der Waals surface area contributed by atoms with Gasteiger partial charge in [0.05, 0.1) is 0 Å². The smallest absolute Gasteiger partial charge is 0.269 e. The zero-order chi connectivity index (χ0) is 21.3. The number of fused-ring (bicyclic) bond motifs is 1. The van der Waals surface area contributed by atoms with Crippen molar-refractivity contribution >= 4 is 33.4 Å². The van der Waals surface area contributed by atoms with Gasteiger partial charge in [0.1, 0.15) is 11.8 Å². The third-order valence-corrected chi connectivity index (χ3v) is 5.14. The molecule has 5 nitrogen and oxygen atoms in total. The minimum Gasteiger partial charge on any atom is -0.480 e. The van der Waals surface area contributed by atoms with Crippen LogP contribution in [0.4, 0.5) is 5.69 Å². The van der Waals surface area contributed by atoms with Crippen LogP contribution in [0.25, 0.3) is 0 Å². The van der Waals surface area contributed by atoms with Crippen molar-refractivity contribution in [1.82, 2.24) is 5.32 Å². The summed E-state index contributed by atoms with van der Waals surface area (Å²) in [6.07, 6.45) is -0.692. The summed E-state index contributed by atoms with van der Waals surface area (Å²) in [6, 6.07) is 14.0. The van der Waals surface area contributed by atoms with Crippen molar-refractivity contribution in [2.75, 3.05) is 4.90 Å². The van der Waals surface area contributed by atoms with Crippen LogP contribution < -0.4 is 15.0 Å². The van der Waals surface area contributed by atoms with Crippen LogP contribution in [-0.4, -0.2) is 23.5 Å². The van der Waals surface area contributed by atoms with Crippen LogP contribution in [0.2, 0.25) is 0 Å². The molecule has 2 amide bonds. The number of rotatable bonds is 3. The number of anilines is 1. The van der Waals surface area contributed by atoms with E-state index in [1.807, 2.05) is 83.1 Å². The molecule has 0 radical (unpaired) electrons. The lowest BCUT2D eigenvalue weighted by atomic mass is 9.99. The predicted molar refractivity (Wildman–Crippen MR) is 118 cm³/mol. The molecule has 2 aromatic carbocycles. The van der Waals surface area contributed by atoms with Gasteiger partial charge in [-0.2, -0.15) is 0 Å². The highest BCUT2D eigenvalue weighted by molar-refractivity contribution is 9.10. The second-order valence-electron chi connectivity index (χ2n) is 8.65. The van der Waals surface area contributed by atoms with Gasteiger partial charge in [-0.3, -0.25) is 14.5 Å². The monoisotopic (exact) mass is 458 g/mol. The number of carbonyl (C=O) groups excluding carboxylic acids is 2. The van der Waals surface area contributed by atoms with Gasteiger partial charge in [-0.1, -0.05) is 48.0 Å². The topological polar surface area (TPSA) is 58.6 Å². The fourth-order valence-electron chi connectivity index (χ4n) is 3.41. The van der Waals surface area contributed by atoms with Crippen LogP contribution in [0.15, 0.2) is 53.0 Å². The molecule has 3 rings (SSSR count). The molecule has 29 heavy (non-hydrogen) atoms. The molecular weight excluding hydrogens is 432 g/mol. The van der Waals surface area contributed by atoms with Crippen LogP contribution in [0.3, 0.4) is 0 Å². The lowest BCUT2D eigenvalue weighted by Gasteiger charge is -2.33. The van der Waals surface area contributed by atoms with E-state index >= 15 is 0 Å². The molecule has 6 heteroatoms. The Morgan fingerprint density at radius 3 is 2.38 bits per heavy atom. The lowest BCUT2D eigenvalue weighted by molar-refractivity contribution is -0.130. The third-order valence-electron chi connectivity index (χ3n) is 4.65.